The van der Waals surface area contributed by atoms with Gasteiger partial charge in [0.05, 0.1) is 6.04 Å². The lowest BCUT2D eigenvalue weighted by Gasteiger charge is -2.28. The van der Waals surface area contributed by atoms with E-state index in [1.54, 1.807) is 18.7 Å². The maximum atomic E-state index is 13.2. The van der Waals surface area contributed by atoms with Crippen LogP contribution < -0.4 is 33.2 Å². The van der Waals surface area contributed by atoms with Gasteiger partial charge in [-0.3, -0.25) is 14.4 Å². The van der Waals surface area contributed by atoms with Crippen molar-refractivity contribution in [2.75, 3.05) is 25.1 Å². The van der Waals surface area contributed by atoms with E-state index in [-0.39, 0.29) is 12.3 Å². The Morgan fingerprint density at radius 3 is 1.86 bits per heavy atom. The molecular weight excluding hydrogens is 472 g/mol. The molecule has 3 amide bonds. The lowest BCUT2D eigenvalue weighted by Crippen LogP contribution is -2.58. The summed E-state index contributed by atoms with van der Waals surface area (Å²) in [6.07, 6.45) is 6.04. The SMILES string of the molecule is CCC(C)C(NC(=O)C(CCCCN)NC(=O)C(N)CCSC)C(=O)NC(CCCCN)C(=O)O. The zero-order chi connectivity index (χ0) is 26.8. The largest absolute Gasteiger partial charge is 0.480 e. The van der Waals surface area contributed by atoms with Gasteiger partial charge in [-0.15, -0.1) is 0 Å². The van der Waals surface area contributed by atoms with Crippen molar-refractivity contribution in [1.29, 1.82) is 0 Å². The number of unbranched alkanes of at least 4 members (excludes halogenated alkanes) is 2. The Morgan fingerprint density at radius 2 is 1.37 bits per heavy atom. The summed E-state index contributed by atoms with van der Waals surface area (Å²) in [5.74, 6) is -2.20. The number of carboxylic acids is 1. The summed E-state index contributed by atoms with van der Waals surface area (Å²) in [6, 6.07) is -3.66. The molecule has 12 heteroatoms. The Balaban J connectivity index is 5.46. The van der Waals surface area contributed by atoms with Gasteiger partial charge in [-0.05, 0) is 76.0 Å². The number of thioether (sulfide) groups is 1. The number of hydrogen-bond acceptors (Lipinski definition) is 8. The fourth-order valence-electron chi connectivity index (χ4n) is 3.38. The number of carbonyl (C=O) groups excluding carboxylic acids is 3. The van der Waals surface area contributed by atoms with Gasteiger partial charge in [0.15, 0.2) is 0 Å². The van der Waals surface area contributed by atoms with Gasteiger partial charge in [0, 0.05) is 0 Å². The van der Waals surface area contributed by atoms with E-state index in [9.17, 15) is 24.3 Å². The van der Waals surface area contributed by atoms with Crippen molar-refractivity contribution in [3.8, 4) is 0 Å². The van der Waals surface area contributed by atoms with E-state index in [4.69, 9.17) is 17.2 Å². The number of carbonyl (C=O) groups is 4. The molecule has 0 aromatic carbocycles. The second-order valence-corrected chi connectivity index (χ2v) is 9.77. The van der Waals surface area contributed by atoms with Crippen LogP contribution in [-0.2, 0) is 19.2 Å². The zero-order valence-electron chi connectivity index (χ0n) is 21.4. The molecule has 11 nitrogen and oxygen atoms in total. The summed E-state index contributed by atoms with van der Waals surface area (Å²) in [5, 5.41) is 17.5. The van der Waals surface area contributed by atoms with Gasteiger partial charge >= 0.3 is 5.97 Å². The van der Waals surface area contributed by atoms with E-state index in [1.807, 2.05) is 13.2 Å². The molecule has 0 aliphatic carbocycles. The standard InChI is InChI=1S/C23H46N6O5S/c1-4-15(2)19(22(32)28-18(23(33)34)10-6-8-13-25)29-21(31)17(9-5-7-12-24)27-20(30)16(26)11-14-35-3/h15-19H,4-14,24-26H2,1-3H3,(H,27,30)(H,28,32)(H,29,31)(H,33,34). The number of hydrogen-bond donors (Lipinski definition) is 7. The maximum Gasteiger partial charge on any atom is 0.326 e. The smallest absolute Gasteiger partial charge is 0.326 e. The average molecular weight is 519 g/mol. The molecule has 0 aromatic heterocycles. The van der Waals surface area contributed by atoms with Gasteiger partial charge in [-0.2, -0.15) is 11.8 Å². The molecule has 204 valence electrons. The third-order valence-electron chi connectivity index (χ3n) is 5.90. The monoisotopic (exact) mass is 518 g/mol. The lowest BCUT2D eigenvalue weighted by atomic mass is 9.96. The molecule has 0 heterocycles. The summed E-state index contributed by atoms with van der Waals surface area (Å²) in [7, 11) is 0. The highest BCUT2D eigenvalue weighted by Crippen LogP contribution is 2.11. The topological polar surface area (TPSA) is 203 Å². The Bertz CT molecular complexity index is 654. The molecule has 0 aliphatic heterocycles. The molecule has 0 aliphatic rings. The Morgan fingerprint density at radius 1 is 0.829 bits per heavy atom. The molecule has 10 N–H and O–H groups in total. The van der Waals surface area contributed by atoms with Gasteiger partial charge in [0.1, 0.15) is 18.1 Å². The normalized spacial score (nSPS) is 15.4. The Labute approximate surface area is 213 Å². The van der Waals surface area contributed by atoms with Crippen LogP contribution in [0.2, 0.25) is 0 Å². The Hall–Kier alpha value is -1.89. The zero-order valence-corrected chi connectivity index (χ0v) is 22.2. The molecule has 5 unspecified atom stereocenters. The minimum absolute atomic E-state index is 0.241. The molecular formula is C23H46N6O5S. The summed E-state index contributed by atoms with van der Waals surface area (Å²) in [4.78, 5) is 50.4. The second kappa shape index (κ2) is 19.3. The highest BCUT2D eigenvalue weighted by atomic mass is 32.2. The van der Waals surface area contributed by atoms with Crippen LogP contribution >= 0.6 is 11.8 Å². The van der Waals surface area contributed by atoms with Crippen LogP contribution in [0.15, 0.2) is 0 Å². The van der Waals surface area contributed by atoms with Crippen LogP contribution in [0.3, 0.4) is 0 Å². The second-order valence-electron chi connectivity index (χ2n) is 8.79. The first-order valence-electron chi connectivity index (χ1n) is 12.4. The fraction of sp³-hybridized carbons (Fsp3) is 0.826. The van der Waals surface area contributed by atoms with E-state index >= 15 is 0 Å². The number of nitrogens with two attached hydrogens (primary N) is 3. The predicted octanol–water partition coefficient (Wildman–Crippen LogP) is -0.0901. The molecule has 0 bridgehead atoms. The van der Waals surface area contributed by atoms with Crippen molar-refractivity contribution in [2.24, 2.45) is 23.1 Å². The summed E-state index contributed by atoms with van der Waals surface area (Å²) < 4.78 is 0. The van der Waals surface area contributed by atoms with Crippen LogP contribution in [-0.4, -0.2) is 78.1 Å². The molecule has 5 atom stereocenters. The number of carboxylic acid groups (broad SMARTS) is 1. The van der Waals surface area contributed by atoms with Crippen LogP contribution in [0.25, 0.3) is 0 Å². The molecule has 0 radical (unpaired) electrons. The van der Waals surface area contributed by atoms with Crippen LogP contribution in [0.5, 0.6) is 0 Å². The summed E-state index contributed by atoms with van der Waals surface area (Å²) in [6.45, 7) is 4.56. The van der Waals surface area contributed by atoms with E-state index in [2.05, 4.69) is 16.0 Å². The summed E-state index contributed by atoms with van der Waals surface area (Å²) >= 11 is 1.57. The first-order valence-corrected chi connectivity index (χ1v) is 13.8. The van der Waals surface area contributed by atoms with Gasteiger partial charge in [0.2, 0.25) is 17.7 Å². The van der Waals surface area contributed by atoms with Crippen LogP contribution in [0.4, 0.5) is 0 Å². The number of aliphatic carboxylic acids is 1. The third kappa shape index (κ3) is 13.7. The molecule has 0 saturated heterocycles. The van der Waals surface area contributed by atoms with Crippen molar-refractivity contribution in [3.63, 3.8) is 0 Å². The van der Waals surface area contributed by atoms with Gasteiger partial charge < -0.3 is 38.3 Å². The van der Waals surface area contributed by atoms with Crippen molar-refractivity contribution < 1.29 is 24.3 Å². The highest BCUT2D eigenvalue weighted by Gasteiger charge is 2.32. The minimum atomic E-state index is -1.14. The van der Waals surface area contributed by atoms with Crippen molar-refractivity contribution in [1.82, 2.24) is 16.0 Å². The predicted molar refractivity (Wildman–Crippen MR) is 140 cm³/mol. The van der Waals surface area contributed by atoms with E-state index in [1.165, 1.54) is 0 Å². The average Bonchev–Trinajstić information content (AvgIpc) is 2.83. The molecule has 35 heavy (non-hydrogen) atoms. The molecule has 0 aromatic rings. The lowest BCUT2D eigenvalue weighted by molar-refractivity contribution is -0.143. The maximum absolute atomic E-state index is 13.2. The molecule has 0 fully saturated rings. The fourth-order valence-corrected chi connectivity index (χ4v) is 3.87. The number of amides is 3. The summed E-state index contributed by atoms with van der Waals surface area (Å²) in [5.41, 5.74) is 17.0. The van der Waals surface area contributed by atoms with E-state index in [0.29, 0.717) is 63.8 Å². The highest BCUT2D eigenvalue weighted by molar-refractivity contribution is 7.98. The van der Waals surface area contributed by atoms with Gasteiger partial charge in [-0.25, -0.2) is 4.79 Å². The number of nitrogens with one attached hydrogen (secondary N) is 3. The number of rotatable bonds is 20. The first-order chi connectivity index (χ1) is 16.6. The van der Waals surface area contributed by atoms with Gasteiger partial charge in [0.25, 0.3) is 0 Å². The molecule has 0 rings (SSSR count). The Kier molecular flexibility index (Phi) is 18.3. The molecule has 0 spiro atoms. The first kappa shape index (κ1) is 33.1. The van der Waals surface area contributed by atoms with E-state index in [0.717, 1.165) is 0 Å². The van der Waals surface area contributed by atoms with Crippen molar-refractivity contribution in [3.05, 3.63) is 0 Å². The van der Waals surface area contributed by atoms with Crippen molar-refractivity contribution >= 4 is 35.5 Å². The van der Waals surface area contributed by atoms with Crippen LogP contribution in [0.1, 0.15) is 65.2 Å². The van der Waals surface area contributed by atoms with Crippen molar-refractivity contribution in [2.45, 2.75) is 89.4 Å². The molecule has 0 saturated carbocycles. The van der Waals surface area contributed by atoms with E-state index < -0.39 is 47.9 Å². The van der Waals surface area contributed by atoms with Gasteiger partial charge in [-0.1, -0.05) is 20.3 Å². The quantitative estimate of drug-likeness (QED) is 0.107. The minimum Gasteiger partial charge on any atom is -0.480 e. The van der Waals surface area contributed by atoms with Crippen LogP contribution in [0, 0.1) is 5.92 Å². The third-order valence-corrected chi connectivity index (χ3v) is 6.55.